The van der Waals surface area contributed by atoms with E-state index in [1.807, 2.05) is 12.2 Å². The minimum absolute atomic E-state index is 0.223. The molecule has 0 aromatic rings. The number of nitrogens with one attached hydrogen (secondary N) is 1. The molecule has 0 atom stereocenters. The second-order valence-corrected chi connectivity index (χ2v) is 4.11. The highest BCUT2D eigenvalue weighted by Gasteiger charge is 2.06. The summed E-state index contributed by atoms with van der Waals surface area (Å²) in [4.78, 5) is 0. The van der Waals surface area contributed by atoms with Gasteiger partial charge in [-0.2, -0.15) is 8.42 Å². The quantitative estimate of drug-likeness (QED) is 0.627. The van der Waals surface area contributed by atoms with Crippen LogP contribution in [0.4, 0.5) is 0 Å². The Morgan fingerprint density at radius 1 is 1.58 bits per heavy atom. The summed E-state index contributed by atoms with van der Waals surface area (Å²) < 4.78 is 29.2. The van der Waals surface area contributed by atoms with E-state index in [4.69, 9.17) is 4.55 Å². The van der Waals surface area contributed by atoms with Gasteiger partial charge in [0.15, 0.2) is 0 Å². The summed E-state index contributed by atoms with van der Waals surface area (Å²) in [5, 5.41) is 2.99. The molecule has 0 bridgehead atoms. The van der Waals surface area contributed by atoms with E-state index in [1.54, 1.807) is 6.08 Å². The third-order valence-electron chi connectivity index (χ3n) is 1.51. The third-order valence-corrected chi connectivity index (χ3v) is 2.23. The van der Waals surface area contributed by atoms with Crippen molar-refractivity contribution in [2.75, 3.05) is 12.3 Å². The highest BCUT2D eigenvalue weighted by molar-refractivity contribution is 7.85. The van der Waals surface area contributed by atoms with E-state index in [0.29, 0.717) is 6.42 Å². The number of allylic oxidation sites excluding steroid dienone is 3. The van der Waals surface area contributed by atoms with Gasteiger partial charge < -0.3 is 5.32 Å². The Kier molecular flexibility index (Phi) is 2.88. The van der Waals surface area contributed by atoms with Crippen molar-refractivity contribution in [2.45, 2.75) is 6.42 Å². The second-order valence-electron chi connectivity index (χ2n) is 2.54. The van der Waals surface area contributed by atoms with Crippen molar-refractivity contribution < 1.29 is 13.0 Å². The molecule has 2 N–H and O–H groups in total. The zero-order valence-corrected chi connectivity index (χ0v) is 7.34. The van der Waals surface area contributed by atoms with E-state index in [9.17, 15) is 8.42 Å². The highest BCUT2D eigenvalue weighted by Crippen LogP contribution is 2.02. The fourth-order valence-corrected chi connectivity index (χ4v) is 1.39. The fourth-order valence-electron chi connectivity index (χ4n) is 0.912. The standard InChI is InChI=1S/C7H11NO3S/c9-12(10,11)6-4-7-3-1-2-5-8-7/h1-3,8H,4-6H2,(H,9,10,11). The van der Waals surface area contributed by atoms with Gasteiger partial charge in [0.2, 0.25) is 0 Å². The number of rotatable bonds is 3. The van der Waals surface area contributed by atoms with Crippen LogP contribution in [0.2, 0.25) is 0 Å². The minimum atomic E-state index is -3.83. The summed E-state index contributed by atoms with van der Waals surface area (Å²) in [5.74, 6) is -0.223. The molecule has 0 aromatic heterocycles. The first-order valence-electron chi connectivity index (χ1n) is 3.63. The Balaban J connectivity index is 2.42. The molecule has 5 heteroatoms. The molecule has 1 aliphatic heterocycles. The van der Waals surface area contributed by atoms with Crippen molar-refractivity contribution in [3.8, 4) is 0 Å². The van der Waals surface area contributed by atoms with E-state index < -0.39 is 10.1 Å². The van der Waals surface area contributed by atoms with Gasteiger partial charge in [0.25, 0.3) is 10.1 Å². The van der Waals surface area contributed by atoms with Crippen LogP contribution in [0.25, 0.3) is 0 Å². The van der Waals surface area contributed by atoms with Crippen LogP contribution in [0.3, 0.4) is 0 Å². The van der Waals surface area contributed by atoms with E-state index in [2.05, 4.69) is 5.32 Å². The topological polar surface area (TPSA) is 66.4 Å². The molecule has 0 saturated carbocycles. The Labute approximate surface area is 71.7 Å². The molecule has 0 amide bonds. The molecular formula is C7H11NO3S. The minimum Gasteiger partial charge on any atom is -0.385 e. The lowest BCUT2D eigenvalue weighted by molar-refractivity contribution is 0.482. The zero-order valence-electron chi connectivity index (χ0n) is 6.53. The molecule has 0 spiro atoms. The van der Waals surface area contributed by atoms with Gasteiger partial charge in [-0.3, -0.25) is 4.55 Å². The van der Waals surface area contributed by atoms with Gasteiger partial charge in [-0.05, 0) is 6.08 Å². The average Bonchev–Trinajstić information content (AvgIpc) is 2.02. The van der Waals surface area contributed by atoms with Crippen LogP contribution in [-0.2, 0) is 10.1 Å². The Morgan fingerprint density at radius 2 is 2.33 bits per heavy atom. The predicted molar refractivity (Wildman–Crippen MR) is 46.3 cm³/mol. The number of dihydropyridines is 1. The van der Waals surface area contributed by atoms with E-state index in [1.165, 1.54) is 0 Å². The second kappa shape index (κ2) is 3.73. The molecule has 1 rings (SSSR count). The van der Waals surface area contributed by atoms with Crippen LogP contribution in [-0.4, -0.2) is 25.3 Å². The van der Waals surface area contributed by atoms with Crippen molar-refractivity contribution in [1.82, 2.24) is 5.32 Å². The van der Waals surface area contributed by atoms with Crippen LogP contribution < -0.4 is 5.32 Å². The van der Waals surface area contributed by atoms with E-state index in [0.717, 1.165) is 12.2 Å². The van der Waals surface area contributed by atoms with Gasteiger partial charge in [0.05, 0.1) is 5.75 Å². The van der Waals surface area contributed by atoms with E-state index >= 15 is 0 Å². The number of hydrogen-bond acceptors (Lipinski definition) is 3. The fraction of sp³-hybridized carbons (Fsp3) is 0.429. The molecule has 4 nitrogen and oxygen atoms in total. The first-order chi connectivity index (χ1) is 5.58. The lowest BCUT2D eigenvalue weighted by atomic mass is 10.2. The van der Waals surface area contributed by atoms with Crippen LogP contribution in [0.1, 0.15) is 6.42 Å². The molecule has 0 aliphatic carbocycles. The summed E-state index contributed by atoms with van der Waals surface area (Å²) >= 11 is 0. The summed E-state index contributed by atoms with van der Waals surface area (Å²) in [6.45, 7) is 0.720. The van der Waals surface area contributed by atoms with Crippen molar-refractivity contribution in [2.24, 2.45) is 0 Å². The monoisotopic (exact) mass is 189 g/mol. The van der Waals surface area contributed by atoms with Gasteiger partial charge in [0, 0.05) is 18.7 Å². The van der Waals surface area contributed by atoms with Crippen LogP contribution in [0.5, 0.6) is 0 Å². The average molecular weight is 189 g/mol. The lowest BCUT2D eigenvalue weighted by Crippen LogP contribution is -2.18. The Morgan fingerprint density at radius 3 is 2.83 bits per heavy atom. The summed E-state index contributed by atoms with van der Waals surface area (Å²) in [7, 11) is -3.83. The van der Waals surface area contributed by atoms with Crippen LogP contribution in [0.15, 0.2) is 23.9 Å². The summed E-state index contributed by atoms with van der Waals surface area (Å²) in [6, 6.07) is 0. The van der Waals surface area contributed by atoms with Crippen LogP contribution >= 0.6 is 0 Å². The lowest BCUT2D eigenvalue weighted by Gasteiger charge is -2.10. The first kappa shape index (κ1) is 9.28. The first-order valence-corrected chi connectivity index (χ1v) is 5.23. The van der Waals surface area contributed by atoms with Gasteiger partial charge >= 0.3 is 0 Å². The maximum atomic E-state index is 10.4. The highest BCUT2D eigenvalue weighted by atomic mass is 32.2. The zero-order chi connectivity index (χ0) is 9.03. The van der Waals surface area contributed by atoms with Crippen molar-refractivity contribution in [3.63, 3.8) is 0 Å². The number of hydrogen-bond donors (Lipinski definition) is 2. The SMILES string of the molecule is O=S(=O)(O)CCC1=CC=CCN1. The normalized spacial score (nSPS) is 16.9. The van der Waals surface area contributed by atoms with Gasteiger partial charge in [-0.25, -0.2) is 0 Å². The van der Waals surface area contributed by atoms with Crippen molar-refractivity contribution in [3.05, 3.63) is 23.9 Å². The molecule has 0 saturated heterocycles. The van der Waals surface area contributed by atoms with Crippen molar-refractivity contribution >= 4 is 10.1 Å². The molecule has 12 heavy (non-hydrogen) atoms. The molecule has 0 unspecified atom stereocenters. The Bertz CT molecular complexity index is 303. The summed E-state index contributed by atoms with van der Waals surface area (Å²) in [5.41, 5.74) is 0.843. The maximum absolute atomic E-state index is 10.4. The van der Waals surface area contributed by atoms with Gasteiger partial charge in [-0.1, -0.05) is 12.2 Å². The molecule has 0 fully saturated rings. The molecule has 0 radical (unpaired) electrons. The molecule has 0 aromatic carbocycles. The maximum Gasteiger partial charge on any atom is 0.265 e. The molecule has 1 aliphatic rings. The third kappa shape index (κ3) is 3.54. The summed E-state index contributed by atoms with van der Waals surface area (Å²) in [6.07, 6.45) is 5.92. The molecule has 68 valence electrons. The van der Waals surface area contributed by atoms with Gasteiger partial charge in [0.1, 0.15) is 0 Å². The van der Waals surface area contributed by atoms with E-state index in [-0.39, 0.29) is 5.75 Å². The molecular weight excluding hydrogens is 178 g/mol. The Hall–Kier alpha value is -0.810. The smallest absolute Gasteiger partial charge is 0.265 e. The largest absolute Gasteiger partial charge is 0.385 e. The van der Waals surface area contributed by atoms with Gasteiger partial charge in [-0.15, -0.1) is 0 Å². The van der Waals surface area contributed by atoms with Crippen LogP contribution in [0, 0.1) is 0 Å². The molecule has 1 heterocycles. The predicted octanol–water partition coefficient (Wildman–Crippen LogP) is 0.308. The van der Waals surface area contributed by atoms with Crippen molar-refractivity contribution in [1.29, 1.82) is 0 Å².